The lowest BCUT2D eigenvalue weighted by molar-refractivity contribution is -0.133. The summed E-state index contributed by atoms with van der Waals surface area (Å²) in [6, 6.07) is 3.48. The van der Waals surface area contributed by atoms with Crippen molar-refractivity contribution in [2.75, 3.05) is 27.2 Å². The largest absolute Gasteiger partial charge is 0.336 e. The van der Waals surface area contributed by atoms with Gasteiger partial charge in [0.2, 0.25) is 5.91 Å². The van der Waals surface area contributed by atoms with Crippen molar-refractivity contribution in [3.05, 3.63) is 30.1 Å². The molecular weight excluding hydrogens is 264 g/mol. The normalized spacial score (nSPS) is 12.4. The smallest absolute Gasteiger partial charge is 0.239 e. The van der Waals surface area contributed by atoms with Crippen molar-refractivity contribution in [3.63, 3.8) is 0 Å². The maximum Gasteiger partial charge on any atom is 0.239 e. The summed E-state index contributed by atoms with van der Waals surface area (Å²) in [6.45, 7) is 4.18. The number of carbonyl (C=O) groups excluding carboxylic acids is 1. The van der Waals surface area contributed by atoms with Gasteiger partial charge in [-0.3, -0.25) is 9.78 Å². The number of pyridine rings is 1. The number of likely N-dealkylation sites (N-methyl/N-ethyl adjacent to an activating group) is 1. The first-order chi connectivity index (χ1) is 10.0. The number of nitrogens with two attached hydrogens (primary N) is 1. The van der Waals surface area contributed by atoms with Crippen LogP contribution in [0, 0.1) is 0 Å². The fourth-order valence-corrected chi connectivity index (χ4v) is 2.08. The van der Waals surface area contributed by atoms with Gasteiger partial charge >= 0.3 is 0 Å². The molecular formula is C16H28N4O. The summed E-state index contributed by atoms with van der Waals surface area (Å²) in [7, 11) is 4.01. The molecule has 1 atom stereocenters. The van der Waals surface area contributed by atoms with E-state index in [1.165, 1.54) is 0 Å². The van der Waals surface area contributed by atoms with E-state index in [0.717, 1.165) is 31.4 Å². The van der Waals surface area contributed by atoms with Crippen molar-refractivity contribution in [2.45, 2.75) is 38.8 Å². The lowest BCUT2D eigenvalue weighted by Crippen LogP contribution is -2.45. The van der Waals surface area contributed by atoms with Crippen LogP contribution in [0.2, 0.25) is 0 Å². The lowest BCUT2D eigenvalue weighted by Gasteiger charge is -2.27. The number of rotatable bonds is 9. The molecule has 0 fully saturated rings. The van der Waals surface area contributed by atoms with E-state index < -0.39 is 6.04 Å². The predicted molar refractivity (Wildman–Crippen MR) is 85.7 cm³/mol. The van der Waals surface area contributed by atoms with Gasteiger partial charge in [-0.25, -0.2) is 0 Å². The molecule has 118 valence electrons. The molecule has 1 amide bonds. The minimum absolute atomic E-state index is 0.0363. The van der Waals surface area contributed by atoms with Crippen LogP contribution in [0.15, 0.2) is 24.5 Å². The van der Waals surface area contributed by atoms with Gasteiger partial charge in [-0.1, -0.05) is 25.8 Å². The molecule has 5 heteroatoms. The summed E-state index contributed by atoms with van der Waals surface area (Å²) in [5.74, 6) is 0.0363. The Kier molecular flexibility index (Phi) is 7.93. The van der Waals surface area contributed by atoms with Gasteiger partial charge in [0.15, 0.2) is 0 Å². The first-order valence-electron chi connectivity index (χ1n) is 7.62. The minimum Gasteiger partial charge on any atom is -0.336 e. The molecule has 0 radical (unpaired) electrons. The van der Waals surface area contributed by atoms with Gasteiger partial charge in [0.05, 0.1) is 6.04 Å². The van der Waals surface area contributed by atoms with E-state index >= 15 is 0 Å². The zero-order valence-electron chi connectivity index (χ0n) is 13.5. The summed E-state index contributed by atoms with van der Waals surface area (Å²) in [5, 5.41) is 0. The third-order valence-electron chi connectivity index (χ3n) is 3.41. The van der Waals surface area contributed by atoms with E-state index in [1.54, 1.807) is 12.4 Å². The second-order valence-electron chi connectivity index (χ2n) is 5.67. The van der Waals surface area contributed by atoms with E-state index in [9.17, 15) is 4.79 Å². The van der Waals surface area contributed by atoms with E-state index in [2.05, 4.69) is 16.8 Å². The van der Waals surface area contributed by atoms with Crippen molar-refractivity contribution in [1.29, 1.82) is 0 Å². The first kappa shape index (κ1) is 17.6. The molecule has 2 N–H and O–H groups in total. The number of hydrogen-bond acceptors (Lipinski definition) is 4. The van der Waals surface area contributed by atoms with Crippen molar-refractivity contribution in [2.24, 2.45) is 5.73 Å². The van der Waals surface area contributed by atoms with Crippen LogP contribution in [0.5, 0.6) is 0 Å². The van der Waals surface area contributed by atoms with E-state index in [0.29, 0.717) is 13.1 Å². The van der Waals surface area contributed by atoms with Crippen LogP contribution in [0.25, 0.3) is 0 Å². The standard InChI is InChI=1S/C16H28N4O/c1-4-5-8-15(17)16(21)20(11-10-19(2)3)13-14-7-6-9-18-12-14/h6-7,9,12,15H,4-5,8,10-11,13,17H2,1-3H3/t15-/m0/s1. The molecule has 1 aromatic heterocycles. The van der Waals surface area contributed by atoms with Gasteiger partial charge in [-0.2, -0.15) is 0 Å². The SMILES string of the molecule is CCCC[C@H](N)C(=O)N(CCN(C)C)Cc1cccnc1. The molecule has 0 aliphatic rings. The molecule has 0 aromatic carbocycles. The summed E-state index contributed by atoms with van der Waals surface area (Å²) in [5.41, 5.74) is 7.08. The Morgan fingerprint density at radius 2 is 2.14 bits per heavy atom. The van der Waals surface area contributed by atoms with Gasteiger partial charge in [0.1, 0.15) is 0 Å². The maximum atomic E-state index is 12.5. The second kappa shape index (κ2) is 9.47. The Bertz CT molecular complexity index is 408. The molecule has 0 spiro atoms. The highest BCUT2D eigenvalue weighted by Gasteiger charge is 2.20. The number of unbranched alkanes of at least 4 members (excludes halogenated alkanes) is 1. The number of amides is 1. The second-order valence-corrected chi connectivity index (χ2v) is 5.67. The number of carbonyl (C=O) groups is 1. The molecule has 0 aliphatic carbocycles. The van der Waals surface area contributed by atoms with Gasteiger partial charge in [0, 0.05) is 32.0 Å². The molecule has 0 bridgehead atoms. The Balaban J connectivity index is 2.68. The maximum absolute atomic E-state index is 12.5. The van der Waals surface area contributed by atoms with Crippen LogP contribution in [0.3, 0.4) is 0 Å². The average Bonchev–Trinajstić information content (AvgIpc) is 2.49. The lowest BCUT2D eigenvalue weighted by atomic mass is 10.1. The summed E-state index contributed by atoms with van der Waals surface area (Å²) in [4.78, 5) is 20.6. The summed E-state index contributed by atoms with van der Waals surface area (Å²) in [6.07, 6.45) is 6.33. The Morgan fingerprint density at radius 3 is 2.71 bits per heavy atom. The van der Waals surface area contributed by atoms with Gasteiger partial charge < -0.3 is 15.5 Å². The number of nitrogens with zero attached hydrogens (tertiary/aromatic N) is 3. The van der Waals surface area contributed by atoms with Crippen molar-refractivity contribution in [3.8, 4) is 0 Å². The van der Waals surface area contributed by atoms with Gasteiger partial charge in [-0.05, 0) is 32.1 Å². The third kappa shape index (κ3) is 6.69. The Labute approximate surface area is 128 Å². The van der Waals surface area contributed by atoms with Crippen LogP contribution < -0.4 is 5.73 Å². The molecule has 0 saturated carbocycles. The molecule has 21 heavy (non-hydrogen) atoms. The van der Waals surface area contributed by atoms with Crippen molar-refractivity contribution < 1.29 is 4.79 Å². The number of aromatic nitrogens is 1. The highest BCUT2D eigenvalue weighted by atomic mass is 16.2. The molecule has 1 aromatic rings. The summed E-state index contributed by atoms with van der Waals surface area (Å²) < 4.78 is 0. The van der Waals surface area contributed by atoms with E-state index in [-0.39, 0.29) is 5.91 Å². The molecule has 5 nitrogen and oxygen atoms in total. The van der Waals surface area contributed by atoms with Crippen LogP contribution in [0.4, 0.5) is 0 Å². The Hall–Kier alpha value is -1.46. The topological polar surface area (TPSA) is 62.5 Å². The van der Waals surface area contributed by atoms with E-state index in [4.69, 9.17) is 5.73 Å². The number of hydrogen-bond donors (Lipinski definition) is 1. The average molecular weight is 292 g/mol. The molecule has 0 unspecified atom stereocenters. The molecule has 0 saturated heterocycles. The highest BCUT2D eigenvalue weighted by Crippen LogP contribution is 2.08. The van der Waals surface area contributed by atoms with Crippen molar-refractivity contribution >= 4 is 5.91 Å². The van der Waals surface area contributed by atoms with Crippen LogP contribution in [0.1, 0.15) is 31.7 Å². The van der Waals surface area contributed by atoms with Gasteiger partial charge in [-0.15, -0.1) is 0 Å². The van der Waals surface area contributed by atoms with E-state index in [1.807, 2.05) is 31.1 Å². The minimum atomic E-state index is -0.399. The zero-order chi connectivity index (χ0) is 15.7. The third-order valence-corrected chi connectivity index (χ3v) is 3.41. The highest BCUT2D eigenvalue weighted by molar-refractivity contribution is 5.81. The van der Waals surface area contributed by atoms with Crippen LogP contribution >= 0.6 is 0 Å². The first-order valence-corrected chi connectivity index (χ1v) is 7.62. The van der Waals surface area contributed by atoms with Crippen LogP contribution in [-0.4, -0.2) is 53.9 Å². The Morgan fingerprint density at radius 1 is 1.38 bits per heavy atom. The van der Waals surface area contributed by atoms with Crippen molar-refractivity contribution in [1.82, 2.24) is 14.8 Å². The fourth-order valence-electron chi connectivity index (χ4n) is 2.08. The molecule has 0 aliphatic heterocycles. The zero-order valence-corrected chi connectivity index (χ0v) is 13.5. The summed E-state index contributed by atoms with van der Waals surface area (Å²) >= 11 is 0. The quantitative estimate of drug-likeness (QED) is 0.749. The predicted octanol–water partition coefficient (Wildman–Crippen LogP) is 1.49. The molecule has 1 heterocycles. The monoisotopic (exact) mass is 292 g/mol. The fraction of sp³-hybridized carbons (Fsp3) is 0.625. The van der Waals surface area contributed by atoms with Gasteiger partial charge in [0.25, 0.3) is 0 Å². The van der Waals surface area contributed by atoms with Crippen LogP contribution in [-0.2, 0) is 11.3 Å². The molecule has 1 rings (SSSR count).